The lowest BCUT2D eigenvalue weighted by molar-refractivity contribution is -0.0140. The fourth-order valence-corrected chi connectivity index (χ4v) is 4.56. The average Bonchev–Trinajstić information content (AvgIpc) is 3.38. The molecule has 5 rings (SSSR count). The number of oxazole rings is 1. The van der Waals surface area contributed by atoms with E-state index in [4.69, 9.17) is 9.15 Å². The number of fused-ring (bicyclic) bond motifs is 2. The predicted molar refractivity (Wildman–Crippen MR) is 119 cm³/mol. The van der Waals surface area contributed by atoms with Crippen LogP contribution in [0, 0.1) is 5.82 Å². The number of nitrogens with zero attached hydrogens (tertiary/aromatic N) is 2. The van der Waals surface area contributed by atoms with Crippen LogP contribution < -0.4 is 0 Å². The van der Waals surface area contributed by atoms with Crippen molar-refractivity contribution < 1.29 is 13.5 Å². The Balaban J connectivity index is 1.54. The normalized spacial score (nSPS) is 18.1. The van der Waals surface area contributed by atoms with E-state index in [0.717, 1.165) is 47.2 Å². The number of halogens is 1. The maximum Gasteiger partial charge on any atom is 0.181 e. The van der Waals surface area contributed by atoms with Crippen LogP contribution in [0.5, 0.6) is 0 Å². The molecule has 1 aromatic heterocycles. The molecule has 0 fully saturated rings. The van der Waals surface area contributed by atoms with Crippen molar-refractivity contribution in [2.45, 2.75) is 25.0 Å². The molecule has 0 N–H and O–H groups in total. The molecule has 1 aliphatic rings. The van der Waals surface area contributed by atoms with Gasteiger partial charge in [-0.05, 0) is 91.6 Å². The van der Waals surface area contributed by atoms with Crippen LogP contribution in [0.15, 0.2) is 71.5 Å². The number of ether oxygens (including phenoxy) is 1. The van der Waals surface area contributed by atoms with Gasteiger partial charge in [0, 0.05) is 0 Å². The van der Waals surface area contributed by atoms with Crippen molar-refractivity contribution in [1.82, 2.24) is 9.88 Å². The highest BCUT2D eigenvalue weighted by molar-refractivity contribution is 5.80. The summed E-state index contributed by atoms with van der Waals surface area (Å²) in [6.45, 7) is 1.51. The third-order valence-electron chi connectivity index (χ3n) is 6.12. The Bertz CT molecular complexity index is 1220. The second-order valence-electron chi connectivity index (χ2n) is 8.44. The van der Waals surface area contributed by atoms with Crippen LogP contribution in [0.4, 0.5) is 4.39 Å². The van der Waals surface area contributed by atoms with Gasteiger partial charge in [-0.1, -0.05) is 30.3 Å². The molecule has 1 unspecified atom stereocenters. The van der Waals surface area contributed by atoms with Crippen molar-refractivity contribution in [2.75, 3.05) is 20.6 Å². The number of aromatic nitrogens is 1. The third kappa shape index (κ3) is 3.64. The summed E-state index contributed by atoms with van der Waals surface area (Å²) in [5, 5.41) is 0. The Morgan fingerprint density at radius 2 is 1.77 bits per heavy atom. The summed E-state index contributed by atoms with van der Waals surface area (Å²) >= 11 is 0. The highest BCUT2D eigenvalue weighted by Gasteiger charge is 2.41. The molecule has 1 atom stereocenters. The first-order valence-electron chi connectivity index (χ1n) is 10.6. The van der Waals surface area contributed by atoms with Gasteiger partial charge in [0.1, 0.15) is 16.9 Å². The van der Waals surface area contributed by atoms with Crippen molar-refractivity contribution >= 4 is 11.1 Å². The van der Waals surface area contributed by atoms with Crippen molar-refractivity contribution in [3.8, 4) is 11.1 Å². The molecule has 0 bridgehead atoms. The van der Waals surface area contributed by atoms with Gasteiger partial charge in [0.25, 0.3) is 0 Å². The molecule has 1 aliphatic heterocycles. The summed E-state index contributed by atoms with van der Waals surface area (Å²) < 4.78 is 25.5. The summed E-state index contributed by atoms with van der Waals surface area (Å²) in [5.74, 6) is -0.232. The maximum absolute atomic E-state index is 13.6. The van der Waals surface area contributed by atoms with Gasteiger partial charge in [0.2, 0.25) is 0 Å². The molecule has 0 amide bonds. The van der Waals surface area contributed by atoms with Crippen LogP contribution in [0.3, 0.4) is 0 Å². The smallest absolute Gasteiger partial charge is 0.181 e. The average molecular weight is 416 g/mol. The fourth-order valence-electron chi connectivity index (χ4n) is 4.56. The number of benzene rings is 3. The van der Waals surface area contributed by atoms with E-state index in [2.05, 4.69) is 48.2 Å². The molecule has 0 spiro atoms. The highest BCUT2D eigenvalue weighted by atomic mass is 19.1. The van der Waals surface area contributed by atoms with Crippen molar-refractivity contribution in [1.29, 1.82) is 0 Å². The quantitative estimate of drug-likeness (QED) is 0.401. The molecule has 0 radical (unpaired) electrons. The maximum atomic E-state index is 13.6. The lowest BCUT2D eigenvalue weighted by Gasteiger charge is -2.31. The third-order valence-corrected chi connectivity index (χ3v) is 6.12. The minimum atomic E-state index is -0.548. The van der Waals surface area contributed by atoms with Gasteiger partial charge in [-0.25, -0.2) is 9.37 Å². The number of rotatable bonds is 6. The van der Waals surface area contributed by atoms with Gasteiger partial charge in [0.15, 0.2) is 12.0 Å². The van der Waals surface area contributed by atoms with Gasteiger partial charge in [-0.15, -0.1) is 0 Å². The Morgan fingerprint density at radius 3 is 2.58 bits per heavy atom. The SMILES string of the molecule is CN(C)CCCC1(c2ccc(F)cc2)OCc2cc(-c3ccc4ocnc4c3)ccc21. The number of hydrogen-bond acceptors (Lipinski definition) is 4. The largest absolute Gasteiger partial charge is 0.443 e. The molecule has 0 saturated carbocycles. The first-order valence-corrected chi connectivity index (χ1v) is 10.6. The van der Waals surface area contributed by atoms with E-state index in [1.807, 2.05) is 24.3 Å². The van der Waals surface area contributed by atoms with Gasteiger partial charge >= 0.3 is 0 Å². The molecule has 3 aromatic carbocycles. The zero-order chi connectivity index (χ0) is 21.4. The van der Waals surface area contributed by atoms with E-state index >= 15 is 0 Å². The highest BCUT2D eigenvalue weighted by Crippen LogP contribution is 2.46. The Morgan fingerprint density at radius 1 is 1.00 bits per heavy atom. The van der Waals surface area contributed by atoms with E-state index < -0.39 is 5.60 Å². The molecule has 4 nitrogen and oxygen atoms in total. The molecular weight excluding hydrogens is 391 g/mol. The first-order chi connectivity index (χ1) is 15.0. The molecule has 4 aromatic rings. The minimum absolute atomic E-state index is 0.232. The van der Waals surface area contributed by atoms with Crippen LogP contribution in [0.25, 0.3) is 22.2 Å². The van der Waals surface area contributed by atoms with E-state index in [9.17, 15) is 4.39 Å². The van der Waals surface area contributed by atoms with Crippen LogP contribution in [0.2, 0.25) is 0 Å². The van der Waals surface area contributed by atoms with Crippen molar-refractivity contribution in [3.63, 3.8) is 0 Å². The number of hydrogen-bond donors (Lipinski definition) is 0. The van der Waals surface area contributed by atoms with Gasteiger partial charge in [0.05, 0.1) is 6.61 Å². The zero-order valence-corrected chi connectivity index (χ0v) is 17.8. The molecule has 158 valence electrons. The molecule has 0 saturated heterocycles. The van der Waals surface area contributed by atoms with Crippen LogP contribution in [-0.2, 0) is 16.9 Å². The van der Waals surface area contributed by atoms with Crippen LogP contribution in [-0.4, -0.2) is 30.5 Å². The molecule has 5 heteroatoms. The second kappa shape index (κ2) is 7.91. The monoisotopic (exact) mass is 416 g/mol. The fraction of sp³-hybridized carbons (Fsp3) is 0.269. The van der Waals surface area contributed by atoms with Gasteiger partial charge in [-0.2, -0.15) is 0 Å². The minimum Gasteiger partial charge on any atom is -0.443 e. The summed E-state index contributed by atoms with van der Waals surface area (Å²) in [5.41, 5.74) is 6.64. The first kappa shape index (κ1) is 19.9. The predicted octanol–water partition coefficient (Wildman–Crippen LogP) is 5.75. The topological polar surface area (TPSA) is 38.5 Å². The molecule has 0 aliphatic carbocycles. The van der Waals surface area contributed by atoms with Gasteiger partial charge in [-0.3, -0.25) is 0 Å². The lowest BCUT2D eigenvalue weighted by atomic mass is 9.81. The van der Waals surface area contributed by atoms with Crippen LogP contribution >= 0.6 is 0 Å². The van der Waals surface area contributed by atoms with E-state index in [1.165, 1.54) is 29.7 Å². The second-order valence-corrected chi connectivity index (χ2v) is 8.44. The van der Waals surface area contributed by atoms with E-state index in [1.54, 1.807) is 0 Å². The zero-order valence-electron chi connectivity index (χ0n) is 17.8. The summed E-state index contributed by atoms with van der Waals surface area (Å²) in [4.78, 5) is 6.45. The lowest BCUT2D eigenvalue weighted by Crippen LogP contribution is -2.28. The Kier molecular flexibility index (Phi) is 5.08. The van der Waals surface area contributed by atoms with Gasteiger partial charge < -0.3 is 14.1 Å². The van der Waals surface area contributed by atoms with E-state index in [-0.39, 0.29) is 5.82 Å². The Hall–Kier alpha value is -3.02. The van der Waals surface area contributed by atoms with Crippen molar-refractivity contribution in [3.05, 3.63) is 89.6 Å². The van der Waals surface area contributed by atoms with Crippen LogP contribution in [0.1, 0.15) is 29.5 Å². The van der Waals surface area contributed by atoms with Crippen molar-refractivity contribution in [2.24, 2.45) is 0 Å². The molecule has 31 heavy (non-hydrogen) atoms. The summed E-state index contributed by atoms with van der Waals surface area (Å²) in [6, 6.07) is 19.3. The molecule has 2 heterocycles. The standard InChI is InChI=1S/C26H25FN2O2/c1-29(2)13-3-12-26(21-6-8-22(27)9-7-21)23-10-4-18(14-20(23)16-31-26)19-5-11-25-24(15-19)28-17-30-25/h4-11,14-15,17H,3,12-13,16H2,1-2H3. The molecular formula is C26H25FN2O2. The summed E-state index contributed by atoms with van der Waals surface area (Å²) in [6.07, 6.45) is 3.29. The Labute approximate surface area is 181 Å². The summed E-state index contributed by atoms with van der Waals surface area (Å²) in [7, 11) is 4.15. The van der Waals surface area contributed by atoms with E-state index in [0.29, 0.717) is 6.61 Å².